The van der Waals surface area contributed by atoms with E-state index in [0.717, 1.165) is 12.8 Å². The van der Waals surface area contributed by atoms with Crippen molar-refractivity contribution in [3.8, 4) is 0 Å². The smallest absolute Gasteiger partial charge is 0.401 e. The largest absolute Gasteiger partial charge is 0.479 e. The van der Waals surface area contributed by atoms with Crippen LogP contribution >= 0.6 is 0 Å². The summed E-state index contributed by atoms with van der Waals surface area (Å²) < 4.78 is 31.2. The van der Waals surface area contributed by atoms with Gasteiger partial charge in [0.05, 0.1) is 0 Å². The molecule has 0 bridgehead atoms. The van der Waals surface area contributed by atoms with E-state index in [1.165, 1.54) is 0 Å². The van der Waals surface area contributed by atoms with Gasteiger partial charge in [-0.2, -0.15) is 8.42 Å². The van der Waals surface area contributed by atoms with Gasteiger partial charge in [0.25, 0.3) is 5.91 Å². The zero-order valence-corrected chi connectivity index (χ0v) is 15.9. The Kier molecular flexibility index (Phi) is 8.44. The number of carboxylic acid groups (broad SMARTS) is 1. The Hall–Kier alpha value is -1.72. The van der Waals surface area contributed by atoms with Crippen molar-refractivity contribution < 1.29 is 36.3 Å². The van der Waals surface area contributed by atoms with E-state index < -0.39 is 46.4 Å². The third-order valence-corrected chi connectivity index (χ3v) is 4.61. The van der Waals surface area contributed by atoms with Crippen LogP contribution in [0.3, 0.4) is 0 Å². The van der Waals surface area contributed by atoms with Crippen molar-refractivity contribution in [2.45, 2.75) is 64.7 Å². The maximum atomic E-state index is 12.3. The lowest BCUT2D eigenvalue weighted by molar-refractivity contribution is -0.150. The van der Waals surface area contributed by atoms with Crippen LogP contribution in [0.2, 0.25) is 0 Å². The fourth-order valence-corrected chi connectivity index (χ4v) is 3.19. The first-order valence-corrected chi connectivity index (χ1v) is 9.83. The van der Waals surface area contributed by atoms with Crippen molar-refractivity contribution in [3.63, 3.8) is 0 Å². The number of carboxylic acids is 1. The summed E-state index contributed by atoms with van der Waals surface area (Å²) in [5.41, 5.74) is 0. The fourth-order valence-electron chi connectivity index (χ4n) is 2.27. The van der Waals surface area contributed by atoms with Gasteiger partial charge in [-0.15, -0.1) is 0 Å². The van der Waals surface area contributed by atoms with E-state index in [4.69, 9.17) is 5.11 Å². The standard InChI is InChI=1S/C15H26N2O8S/c1-4-5-6-10(13(18)16-8-7-9(2)3)17-14(19)11-12(15(20)21)25-26(22,23)24-11/h9-12H,4-8H2,1-3H3,(H,16,18)(H,17,19)(H,20,21)/t10-,11?,12?/m0/s1. The molecule has 0 saturated carbocycles. The number of amides is 2. The van der Waals surface area contributed by atoms with E-state index in [1.807, 2.05) is 20.8 Å². The second-order valence-electron chi connectivity index (χ2n) is 6.46. The molecule has 26 heavy (non-hydrogen) atoms. The molecule has 0 aliphatic carbocycles. The molecule has 1 saturated heterocycles. The predicted molar refractivity (Wildman–Crippen MR) is 90.2 cm³/mol. The molecule has 3 N–H and O–H groups in total. The minimum Gasteiger partial charge on any atom is -0.479 e. The second kappa shape index (κ2) is 9.83. The van der Waals surface area contributed by atoms with Gasteiger partial charge >= 0.3 is 16.4 Å². The number of unbranched alkanes of at least 4 members (excludes halogenated alkanes) is 1. The van der Waals surface area contributed by atoms with Gasteiger partial charge in [-0.05, 0) is 18.8 Å². The number of nitrogens with one attached hydrogen (secondary N) is 2. The monoisotopic (exact) mass is 394 g/mol. The van der Waals surface area contributed by atoms with Crippen LogP contribution in [0.5, 0.6) is 0 Å². The molecule has 0 spiro atoms. The van der Waals surface area contributed by atoms with Crippen molar-refractivity contribution in [1.29, 1.82) is 0 Å². The highest BCUT2D eigenvalue weighted by atomic mass is 32.3. The van der Waals surface area contributed by atoms with Crippen molar-refractivity contribution in [3.05, 3.63) is 0 Å². The molecule has 1 rings (SSSR count). The lowest BCUT2D eigenvalue weighted by Crippen LogP contribution is -2.52. The van der Waals surface area contributed by atoms with E-state index in [9.17, 15) is 22.8 Å². The van der Waals surface area contributed by atoms with Gasteiger partial charge in [-0.3, -0.25) is 9.59 Å². The number of hydrogen-bond acceptors (Lipinski definition) is 7. The number of hydrogen-bond donors (Lipinski definition) is 3. The Balaban J connectivity index is 2.77. The van der Waals surface area contributed by atoms with Gasteiger partial charge in [0, 0.05) is 6.54 Å². The molecule has 0 aromatic rings. The molecule has 1 aliphatic rings. The first kappa shape index (κ1) is 22.3. The molecule has 2 unspecified atom stereocenters. The van der Waals surface area contributed by atoms with Gasteiger partial charge in [0.1, 0.15) is 6.04 Å². The Morgan fingerprint density at radius 2 is 1.73 bits per heavy atom. The lowest BCUT2D eigenvalue weighted by atomic mass is 10.1. The fraction of sp³-hybridized carbons (Fsp3) is 0.800. The molecular weight excluding hydrogens is 368 g/mol. The first-order chi connectivity index (χ1) is 12.1. The first-order valence-electron chi connectivity index (χ1n) is 8.49. The van der Waals surface area contributed by atoms with Crippen molar-refractivity contribution in [2.24, 2.45) is 5.92 Å². The molecule has 0 aromatic heterocycles. The molecule has 10 nitrogen and oxygen atoms in total. The van der Waals surface area contributed by atoms with Gasteiger partial charge in [0.2, 0.25) is 12.0 Å². The zero-order valence-electron chi connectivity index (χ0n) is 15.1. The summed E-state index contributed by atoms with van der Waals surface area (Å²) >= 11 is 0. The summed E-state index contributed by atoms with van der Waals surface area (Å²) in [6, 6.07) is -0.920. The van der Waals surface area contributed by atoms with E-state index in [2.05, 4.69) is 19.0 Å². The molecule has 11 heteroatoms. The average molecular weight is 394 g/mol. The molecule has 1 fully saturated rings. The Labute approximate surface area is 152 Å². The number of carbonyl (C=O) groups excluding carboxylic acids is 2. The quantitative estimate of drug-likeness (QED) is 0.466. The Morgan fingerprint density at radius 3 is 2.27 bits per heavy atom. The van der Waals surface area contributed by atoms with Crippen molar-refractivity contribution in [2.75, 3.05) is 6.54 Å². The van der Waals surface area contributed by atoms with E-state index >= 15 is 0 Å². The van der Waals surface area contributed by atoms with Crippen LogP contribution in [0.15, 0.2) is 0 Å². The van der Waals surface area contributed by atoms with Gasteiger partial charge in [0.15, 0.2) is 6.10 Å². The normalized spacial score (nSPS) is 22.8. The Bertz CT molecular complexity index is 619. The molecule has 0 aromatic carbocycles. The summed E-state index contributed by atoms with van der Waals surface area (Å²) in [5, 5.41) is 14.1. The second-order valence-corrected chi connectivity index (χ2v) is 7.66. The highest BCUT2D eigenvalue weighted by Crippen LogP contribution is 2.21. The molecule has 1 heterocycles. The molecule has 1 aliphatic heterocycles. The number of rotatable bonds is 10. The minimum absolute atomic E-state index is 0.327. The van der Waals surface area contributed by atoms with E-state index in [0.29, 0.717) is 25.3 Å². The number of aliphatic carboxylic acids is 1. The highest BCUT2D eigenvalue weighted by molar-refractivity contribution is 7.82. The summed E-state index contributed by atoms with van der Waals surface area (Å²) in [5.74, 6) is -2.71. The third-order valence-electron chi connectivity index (χ3n) is 3.72. The Morgan fingerprint density at radius 1 is 1.12 bits per heavy atom. The average Bonchev–Trinajstić information content (AvgIpc) is 2.87. The van der Waals surface area contributed by atoms with Crippen LogP contribution in [0.1, 0.15) is 46.5 Å². The summed E-state index contributed by atoms with van der Waals surface area (Å²) in [6.45, 7) is 6.36. The maximum absolute atomic E-state index is 12.3. The predicted octanol–water partition coefficient (Wildman–Crippen LogP) is -0.0629. The van der Waals surface area contributed by atoms with Crippen LogP contribution in [-0.4, -0.2) is 56.1 Å². The molecule has 0 radical (unpaired) electrons. The SMILES string of the molecule is CCCC[C@H](NC(=O)C1OS(=O)(=O)OC1C(=O)O)C(=O)NCCC(C)C. The topological polar surface area (TPSA) is 148 Å². The summed E-state index contributed by atoms with van der Waals surface area (Å²) in [4.78, 5) is 35.6. The van der Waals surface area contributed by atoms with Gasteiger partial charge < -0.3 is 15.7 Å². The van der Waals surface area contributed by atoms with Crippen LogP contribution in [-0.2, 0) is 33.1 Å². The van der Waals surface area contributed by atoms with Crippen molar-refractivity contribution in [1.82, 2.24) is 10.6 Å². The van der Waals surface area contributed by atoms with Crippen LogP contribution < -0.4 is 10.6 Å². The number of carbonyl (C=O) groups is 3. The third kappa shape index (κ3) is 6.89. The maximum Gasteiger partial charge on any atom is 0.401 e. The molecule has 150 valence electrons. The van der Waals surface area contributed by atoms with Gasteiger partial charge in [-0.1, -0.05) is 33.6 Å². The highest BCUT2D eigenvalue weighted by Gasteiger charge is 2.49. The molecule has 3 atom stereocenters. The molecule has 2 amide bonds. The van der Waals surface area contributed by atoms with E-state index in [-0.39, 0.29) is 0 Å². The van der Waals surface area contributed by atoms with Crippen LogP contribution in [0, 0.1) is 5.92 Å². The zero-order chi connectivity index (χ0) is 19.9. The van der Waals surface area contributed by atoms with E-state index in [1.54, 1.807) is 0 Å². The van der Waals surface area contributed by atoms with Crippen LogP contribution in [0.4, 0.5) is 0 Å². The van der Waals surface area contributed by atoms with Gasteiger partial charge in [-0.25, -0.2) is 13.2 Å². The minimum atomic E-state index is -4.57. The summed E-state index contributed by atoms with van der Waals surface area (Å²) in [7, 11) is -4.57. The van der Waals surface area contributed by atoms with Crippen LogP contribution in [0.25, 0.3) is 0 Å². The summed E-state index contributed by atoms with van der Waals surface area (Å²) in [6.07, 6.45) is -1.36. The molecular formula is C15H26N2O8S. The lowest BCUT2D eigenvalue weighted by Gasteiger charge is -2.20. The van der Waals surface area contributed by atoms with Crippen molar-refractivity contribution >= 4 is 28.2 Å².